The minimum atomic E-state index is 0.265. The molecule has 2 N–H and O–H groups in total. The van der Waals surface area contributed by atoms with Crippen LogP contribution in [-0.4, -0.2) is 44.2 Å². The van der Waals surface area contributed by atoms with Gasteiger partial charge in [0, 0.05) is 49.5 Å². The first-order valence-electron chi connectivity index (χ1n) is 8.75. The minimum absolute atomic E-state index is 0.265. The lowest BCUT2D eigenvalue weighted by molar-refractivity contribution is 0.409. The summed E-state index contributed by atoms with van der Waals surface area (Å²) in [6.07, 6.45) is 2.75. The van der Waals surface area contributed by atoms with Gasteiger partial charge in [0.1, 0.15) is 11.6 Å². The van der Waals surface area contributed by atoms with E-state index >= 15 is 0 Å². The van der Waals surface area contributed by atoms with Crippen LogP contribution in [0.5, 0.6) is 5.75 Å². The van der Waals surface area contributed by atoms with Crippen molar-refractivity contribution in [2.45, 2.75) is 19.0 Å². The normalized spacial score (nSPS) is 17.1. The molecule has 1 fully saturated rings. The van der Waals surface area contributed by atoms with E-state index in [1.54, 1.807) is 26.4 Å². The SMILES string of the molecule is CN=C(NCc1ccc(Cl)cc1OC)NC1CCN(c2ncccc2Cl)C1. The van der Waals surface area contributed by atoms with Crippen molar-refractivity contribution in [3.63, 3.8) is 0 Å². The summed E-state index contributed by atoms with van der Waals surface area (Å²) in [4.78, 5) is 10.9. The van der Waals surface area contributed by atoms with Gasteiger partial charge in [-0.2, -0.15) is 0 Å². The van der Waals surface area contributed by atoms with Crippen LogP contribution in [0.2, 0.25) is 10.0 Å². The molecule has 144 valence electrons. The van der Waals surface area contributed by atoms with E-state index in [1.165, 1.54) is 0 Å². The fourth-order valence-corrected chi connectivity index (χ4v) is 3.52. The van der Waals surface area contributed by atoms with E-state index in [0.717, 1.165) is 42.6 Å². The second kappa shape index (κ2) is 9.15. The number of pyridine rings is 1. The van der Waals surface area contributed by atoms with Crippen LogP contribution in [0.15, 0.2) is 41.5 Å². The maximum absolute atomic E-state index is 6.26. The zero-order valence-corrected chi connectivity index (χ0v) is 16.9. The Morgan fingerprint density at radius 1 is 1.37 bits per heavy atom. The van der Waals surface area contributed by atoms with E-state index in [-0.39, 0.29) is 6.04 Å². The van der Waals surface area contributed by atoms with Crippen molar-refractivity contribution in [3.8, 4) is 5.75 Å². The van der Waals surface area contributed by atoms with E-state index < -0.39 is 0 Å². The molecule has 1 aliphatic heterocycles. The number of aromatic nitrogens is 1. The molecule has 1 saturated heterocycles. The van der Waals surface area contributed by atoms with Gasteiger partial charge in [-0.3, -0.25) is 4.99 Å². The lowest BCUT2D eigenvalue weighted by Crippen LogP contribution is -2.44. The summed E-state index contributed by atoms with van der Waals surface area (Å²) in [6, 6.07) is 9.57. The number of anilines is 1. The number of guanidine groups is 1. The maximum atomic E-state index is 6.26. The predicted molar refractivity (Wildman–Crippen MR) is 111 cm³/mol. The lowest BCUT2D eigenvalue weighted by atomic mass is 10.2. The maximum Gasteiger partial charge on any atom is 0.191 e. The molecule has 0 spiro atoms. The first-order valence-corrected chi connectivity index (χ1v) is 9.51. The number of hydrogen-bond acceptors (Lipinski definition) is 4. The van der Waals surface area contributed by atoms with Gasteiger partial charge in [-0.15, -0.1) is 0 Å². The molecule has 0 saturated carbocycles. The molecule has 0 amide bonds. The molecule has 1 aromatic carbocycles. The monoisotopic (exact) mass is 407 g/mol. The van der Waals surface area contributed by atoms with E-state index in [4.69, 9.17) is 27.9 Å². The molecule has 3 rings (SSSR count). The molecule has 8 heteroatoms. The van der Waals surface area contributed by atoms with Gasteiger partial charge in [0.05, 0.1) is 12.1 Å². The van der Waals surface area contributed by atoms with Crippen LogP contribution >= 0.6 is 23.2 Å². The van der Waals surface area contributed by atoms with Crippen molar-refractivity contribution >= 4 is 35.0 Å². The molecule has 27 heavy (non-hydrogen) atoms. The fourth-order valence-electron chi connectivity index (χ4n) is 3.11. The Labute approximate surface area is 169 Å². The van der Waals surface area contributed by atoms with Crippen molar-refractivity contribution in [3.05, 3.63) is 52.1 Å². The predicted octanol–water partition coefficient (Wildman–Crippen LogP) is 3.34. The van der Waals surface area contributed by atoms with E-state index in [2.05, 4.69) is 25.5 Å². The lowest BCUT2D eigenvalue weighted by Gasteiger charge is -2.20. The first kappa shape index (κ1) is 19.6. The molecular weight excluding hydrogens is 385 g/mol. The Hall–Kier alpha value is -2.18. The largest absolute Gasteiger partial charge is 0.496 e. The summed E-state index contributed by atoms with van der Waals surface area (Å²) in [5.74, 6) is 2.32. The number of nitrogens with zero attached hydrogens (tertiary/aromatic N) is 3. The van der Waals surface area contributed by atoms with Crippen LogP contribution in [0, 0.1) is 0 Å². The average Bonchev–Trinajstić information content (AvgIpc) is 3.14. The van der Waals surface area contributed by atoms with E-state index in [0.29, 0.717) is 16.6 Å². The zero-order chi connectivity index (χ0) is 19.2. The molecule has 0 bridgehead atoms. The van der Waals surface area contributed by atoms with Crippen molar-refractivity contribution in [1.82, 2.24) is 15.6 Å². The number of hydrogen-bond donors (Lipinski definition) is 2. The van der Waals surface area contributed by atoms with Gasteiger partial charge in [0.15, 0.2) is 5.96 Å². The van der Waals surface area contributed by atoms with Crippen molar-refractivity contribution in [2.75, 3.05) is 32.1 Å². The van der Waals surface area contributed by atoms with Crippen LogP contribution in [0.4, 0.5) is 5.82 Å². The molecule has 2 aromatic rings. The highest BCUT2D eigenvalue weighted by atomic mass is 35.5. The molecule has 6 nitrogen and oxygen atoms in total. The minimum Gasteiger partial charge on any atom is -0.496 e. The molecule has 0 radical (unpaired) electrons. The van der Waals surface area contributed by atoms with Crippen LogP contribution in [-0.2, 0) is 6.54 Å². The summed E-state index contributed by atoms with van der Waals surface area (Å²) in [6.45, 7) is 2.31. The molecule has 2 heterocycles. The third-order valence-corrected chi connectivity index (χ3v) is 5.02. The summed E-state index contributed by atoms with van der Waals surface area (Å²) in [7, 11) is 3.40. The van der Waals surface area contributed by atoms with Crippen LogP contribution in [0.25, 0.3) is 0 Å². The number of nitrogens with one attached hydrogen (secondary N) is 2. The number of halogens is 2. The zero-order valence-electron chi connectivity index (χ0n) is 15.4. The smallest absolute Gasteiger partial charge is 0.191 e. The van der Waals surface area contributed by atoms with Gasteiger partial charge in [-0.25, -0.2) is 4.98 Å². The fraction of sp³-hybridized carbons (Fsp3) is 0.368. The van der Waals surface area contributed by atoms with Crippen molar-refractivity contribution in [1.29, 1.82) is 0 Å². The second-order valence-corrected chi connectivity index (χ2v) is 7.11. The summed E-state index contributed by atoms with van der Waals surface area (Å²) in [5.41, 5.74) is 1.01. The van der Waals surface area contributed by atoms with Crippen LogP contribution in [0.1, 0.15) is 12.0 Å². The van der Waals surface area contributed by atoms with Gasteiger partial charge >= 0.3 is 0 Å². The number of methoxy groups -OCH3 is 1. The Bertz CT molecular complexity index is 814. The third-order valence-electron chi connectivity index (χ3n) is 4.49. The van der Waals surface area contributed by atoms with Crippen LogP contribution in [0.3, 0.4) is 0 Å². The van der Waals surface area contributed by atoms with Crippen LogP contribution < -0.4 is 20.3 Å². The Morgan fingerprint density at radius 3 is 2.96 bits per heavy atom. The molecule has 1 unspecified atom stereocenters. The number of rotatable bonds is 5. The van der Waals surface area contributed by atoms with Gasteiger partial charge in [-0.05, 0) is 30.7 Å². The topological polar surface area (TPSA) is 61.8 Å². The third kappa shape index (κ3) is 4.96. The summed E-state index contributed by atoms with van der Waals surface area (Å²) in [5, 5.41) is 8.12. The second-order valence-electron chi connectivity index (χ2n) is 6.27. The van der Waals surface area contributed by atoms with Gasteiger partial charge in [0.25, 0.3) is 0 Å². The quantitative estimate of drug-likeness (QED) is 0.587. The highest BCUT2D eigenvalue weighted by molar-refractivity contribution is 6.33. The Balaban J connectivity index is 1.56. The highest BCUT2D eigenvalue weighted by Crippen LogP contribution is 2.26. The molecular formula is C19H23Cl2N5O. The average molecular weight is 408 g/mol. The van der Waals surface area contributed by atoms with Crippen molar-refractivity contribution < 1.29 is 4.74 Å². The first-order chi connectivity index (χ1) is 13.1. The summed E-state index contributed by atoms with van der Waals surface area (Å²) < 4.78 is 5.39. The van der Waals surface area contributed by atoms with Crippen molar-refractivity contribution in [2.24, 2.45) is 4.99 Å². The Morgan fingerprint density at radius 2 is 2.22 bits per heavy atom. The standard InChI is InChI=1S/C19H23Cl2N5O/c1-22-19(24-11-13-5-6-14(20)10-17(13)27-2)25-15-7-9-26(12-15)18-16(21)4-3-8-23-18/h3-6,8,10,15H,7,9,11-12H2,1-2H3,(H2,22,24,25). The number of ether oxygens (including phenoxy) is 1. The molecule has 0 aliphatic carbocycles. The number of aliphatic imine (C=N–C) groups is 1. The molecule has 1 aromatic heterocycles. The van der Waals surface area contributed by atoms with E-state index in [1.807, 2.05) is 24.3 Å². The van der Waals surface area contributed by atoms with Gasteiger partial charge < -0.3 is 20.3 Å². The van der Waals surface area contributed by atoms with E-state index in [9.17, 15) is 0 Å². The molecule has 1 atom stereocenters. The van der Waals surface area contributed by atoms with Gasteiger partial charge in [0.2, 0.25) is 0 Å². The summed E-state index contributed by atoms with van der Waals surface area (Å²) >= 11 is 12.3. The van der Waals surface area contributed by atoms with Gasteiger partial charge in [-0.1, -0.05) is 29.3 Å². The number of benzene rings is 1. The molecule has 1 aliphatic rings. The Kier molecular flexibility index (Phi) is 6.63. The highest BCUT2D eigenvalue weighted by Gasteiger charge is 2.25.